The fraction of sp³-hybridized carbons (Fsp3) is 0.867. The second kappa shape index (κ2) is 7.61. The summed E-state index contributed by atoms with van der Waals surface area (Å²) in [5, 5.41) is 8.93. The van der Waals surface area contributed by atoms with Crippen LogP contribution in [0.1, 0.15) is 32.6 Å². The lowest BCUT2D eigenvalue weighted by molar-refractivity contribution is -0.132. The van der Waals surface area contributed by atoms with E-state index < -0.39 is 0 Å². The first kappa shape index (κ1) is 15.3. The molecule has 0 radical (unpaired) electrons. The molecule has 0 saturated carbocycles. The molecule has 2 saturated heterocycles. The second-order valence-electron chi connectivity index (χ2n) is 5.91. The van der Waals surface area contributed by atoms with Crippen LogP contribution < -0.4 is 0 Å². The molecule has 2 heterocycles. The van der Waals surface area contributed by atoms with Gasteiger partial charge in [0.2, 0.25) is 5.91 Å². The first-order chi connectivity index (χ1) is 9.70. The molecule has 5 heteroatoms. The number of nitrogens with zero attached hydrogens (tertiary/aromatic N) is 4. The summed E-state index contributed by atoms with van der Waals surface area (Å²) in [6.07, 6.45) is 4.82. The average molecular weight is 278 g/mol. The van der Waals surface area contributed by atoms with Gasteiger partial charge in [-0.3, -0.25) is 14.6 Å². The van der Waals surface area contributed by atoms with Crippen LogP contribution in [-0.4, -0.2) is 72.5 Å². The minimum atomic E-state index is -0.0153. The van der Waals surface area contributed by atoms with Crippen molar-refractivity contribution < 1.29 is 4.79 Å². The van der Waals surface area contributed by atoms with E-state index in [1.165, 1.54) is 12.8 Å². The highest BCUT2D eigenvalue weighted by Crippen LogP contribution is 2.11. The number of hydrogen-bond donors (Lipinski definition) is 0. The maximum Gasteiger partial charge on any atom is 0.236 e. The van der Waals surface area contributed by atoms with Gasteiger partial charge in [0, 0.05) is 39.3 Å². The number of rotatable bonds is 3. The molecule has 2 fully saturated rings. The van der Waals surface area contributed by atoms with Crippen LogP contribution in [0, 0.1) is 11.3 Å². The van der Waals surface area contributed by atoms with Crippen molar-refractivity contribution in [3.8, 4) is 6.07 Å². The van der Waals surface area contributed by atoms with Gasteiger partial charge in [0.25, 0.3) is 0 Å². The number of amides is 1. The normalized spacial score (nSPS) is 23.9. The molecule has 0 aromatic heterocycles. The maximum atomic E-state index is 12.3. The summed E-state index contributed by atoms with van der Waals surface area (Å²) < 4.78 is 0. The monoisotopic (exact) mass is 278 g/mol. The Morgan fingerprint density at radius 1 is 1.05 bits per heavy atom. The quantitative estimate of drug-likeness (QED) is 0.770. The molecule has 5 nitrogen and oxygen atoms in total. The van der Waals surface area contributed by atoms with E-state index in [9.17, 15) is 4.79 Å². The average Bonchev–Trinajstić information content (AvgIpc) is 2.76. The molecule has 20 heavy (non-hydrogen) atoms. The number of nitriles is 1. The lowest BCUT2D eigenvalue weighted by atomic mass is 10.2. The number of likely N-dealkylation sites (tertiary alicyclic amines) is 1. The van der Waals surface area contributed by atoms with E-state index in [0.717, 1.165) is 52.1 Å². The standard InChI is InChI=1S/C15H26N4O/c1-14(12-16)18-10-8-17(9-11-18)13-15(20)19-6-4-2-3-5-7-19/h14H,2-11,13H2,1H3. The number of carbonyl (C=O) groups excluding carboxylic acids is 1. The smallest absolute Gasteiger partial charge is 0.236 e. The summed E-state index contributed by atoms with van der Waals surface area (Å²) in [6.45, 7) is 7.93. The molecule has 0 bridgehead atoms. The molecule has 0 aromatic carbocycles. The van der Waals surface area contributed by atoms with Crippen molar-refractivity contribution in [1.82, 2.24) is 14.7 Å². The first-order valence-electron chi connectivity index (χ1n) is 7.84. The van der Waals surface area contributed by atoms with Gasteiger partial charge in [-0.15, -0.1) is 0 Å². The van der Waals surface area contributed by atoms with E-state index in [0.29, 0.717) is 6.54 Å². The molecular formula is C15H26N4O. The lowest BCUT2D eigenvalue weighted by Gasteiger charge is -2.36. The van der Waals surface area contributed by atoms with Crippen LogP contribution in [0.25, 0.3) is 0 Å². The molecule has 112 valence electrons. The molecule has 2 aliphatic rings. The minimum Gasteiger partial charge on any atom is -0.342 e. The molecule has 2 aliphatic heterocycles. The van der Waals surface area contributed by atoms with Crippen LogP contribution in [0.4, 0.5) is 0 Å². The van der Waals surface area contributed by atoms with Crippen molar-refractivity contribution in [2.75, 3.05) is 45.8 Å². The Morgan fingerprint density at radius 3 is 2.20 bits per heavy atom. The Hall–Kier alpha value is -1.12. The molecule has 2 rings (SSSR count). The molecule has 1 amide bonds. The predicted octanol–water partition coefficient (Wildman–Crippen LogP) is 0.919. The van der Waals surface area contributed by atoms with Crippen LogP contribution in [0.5, 0.6) is 0 Å². The maximum absolute atomic E-state index is 12.3. The molecular weight excluding hydrogens is 252 g/mol. The summed E-state index contributed by atoms with van der Waals surface area (Å²) in [7, 11) is 0. The Morgan fingerprint density at radius 2 is 1.65 bits per heavy atom. The third-order valence-electron chi connectivity index (χ3n) is 4.46. The Balaban J connectivity index is 1.74. The first-order valence-corrected chi connectivity index (χ1v) is 7.84. The summed E-state index contributed by atoms with van der Waals surface area (Å²) in [5.74, 6) is 0.286. The molecule has 1 unspecified atom stereocenters. The van der Waals surface area contributed by atoms with Gasteiger partial charge in [-0.05, 0) is 19.8 Å². The summed E-state index contributed by atoms with van der Waals surface area (Å²) in [6, 6.07) is 2.27. The number of carbonyl (C=O) groups is 1. The van der Waals surface area contributed by atoms with Gasteiger partial charge >= 0.3 is 0 Å². The predicted molar refractivity (Wildman–Crippen MR) is 78.1 cm³/mol. The van der Waals surface area contributed by atoms with E-state index in [1.807, 2.05) is 11.8 Å². The fourth-order valence-electron chi connectivity index (χ4n) is 3.00. The van der Waals surface area contributed by atoms with Crippen molar-refractivity contribution in [2.24, 2.45) is 0 Å². The zero-order valence-corrected chi connectivity index (χ0v) is 12.6. The Bertz CT molecular complexity index is 349. The molecule has 0 spiro atoms. The summed E-state index contributed by atoms with van der Waals surface area (Å²) >= 11 is 0. The largest absolute Gasteiger partial charge is 0.342 e. The van der Waals surface area contributed by atoms with E-state index in [-0.39, 0.29) is 11.9 Å². The van der Waals surface area contributed by atoms with Crippen molar-refractivity contribution in [2.45, 2.75) is 38.6 Å². The highest BCUT2D eigenvalue weighted by molar-refractivity contribution is 5.78. The number of hydrogen-bond acceptors (Lipinski definition) is 4. The molecule has 0 N–H and O–H groups in total. The Kier molecular flexibility index (Phi) is 5.81. The van der Waals surface area contributed by atoms with Gasteiger partial charge in [0.1, 0.15) is 0 Å². The zero-order valence-electron chi connectivity index (χ0n) is 12.6. The summed E-state index contributed by atoms with van der Waals surface area (Å²) in [5.41, 5.74) is 0. The van der Waals surface area contributed by atoms with Crippen LogP contribution >= 0.6 is 0 Å². The molecule has 0 aromatic rings. The third-order valence-corrected chi connectivity index (χ3v) is 4.46. The van der Waals surface area contributed by atoms with Gasteiger partial charge in [-0.2, -0.15) is 5.26 Å². The van der Waals surface area contributed by atoms with E-state index in [4.69, 9.17) is 5.26 Å². The zero-order chi connectivity index (χ0) is 14.4. The second-order valence-corrected chi connectivity index (χ2v) is 5.91. The minimum absolute atomic E-state index is 0.0153. The SMILES string of the molecule is CC(C#N)N1CCN(CC(=O)N2CCCCCC2)CC1. The van der Waals surface area contributed by atoms with Gasteiger partial charge in [-0.1, -0.05) is 12.8 Å². The van der Waals surface area contributed by atoms with Crippen molar-refractivity contribution >= 4 is 5.91 Å². The van der Waals surface area contributed by atoms with Gasteiger partial charge < -0.3 is 4.90 Å². The van der Waals surface area contributed by atoms with Crippen molar-refractivity contribution in [1.29, 1.82) is 5.26 Å². The topological polar surface area (TPSA) is 50.6 Å². The van der Waals surface area contributed by atoms with Crippen molar-refractivity contribution in [3.05, 3.63) is 0 Å². The number of piperazine rings is 1. The fourth-order valence-corrected chi connectivity index (χ4v) is 3.00. The highest BCUT2D eigenvalue weighted by Gasteiger charge is 2.24. The van der Waals surface area contributed by atoms with Crippen molar-refractivity contribution in [3.63, 3.8) is 0 Å². The molecule has 0 aliphatic carbocycles. The van der Waals surface area contributed by atoms with Gasteiger partial charge in [-0.25, -0.2) is 0 Å². The van der Waals surface area contributed by atoms with Crippen LogP contribution in [0.2, 0.25) is 0 Å². The lowest BCUT2D eigenvalue weighted by Crippen LogP contribution is -2.52. The third kappa shape index (κ3) is 4.19. The van der Waals surface area contributed by atoms with E-state index in [2.05, 4.69) is 15.9 Å². The van der Waals surface area contributed by atoms with Crippen LogP contribution in [-0.2, 0) is 4.79 Å². The Labute approximate surface area is 122 Å². The van der Waals surface area contributed by atoms with Crippen LogP contribution in [0.15, 0.2) is 0 Å². The highest BCUT2D eigenvalue weighted by atomic mass is 16.2. The van der Waals surface area contributed by atoms with Gasteiger partial charge in [0.15, 0.2) is 0 Å². The van der Waals surface area contributed by atoms with Crippen LogP contribution in [0.3, 0.4) is 0 Å². The summed E-state index contributed by atoms with van der Waals surface area (Å²) in [4.78, 5) is 18.8. The van der Waals surface area contributed by atoms with E-state index >= 15 is 0 Å². The molecule has 1 atom stereocenters. The van der Waals surface area contributed by atoms with E-state index in [1.54, 1.807) is 0 Å². The van der Waals surface area contributed by atoms with Gasteiger partial charge in [0.05, 0.1) is 18.7 Å².